The molecule has 2 saturated heterocycles. The van der Waals surface area contributed by atoms with E-state index in [0.29, 0.717) is 55.0 Å². The molecule has 5 heteroatoms. The van der Waals surface area contributed by atoms with Crippen LogP contribution in [0.25, 0.3) is 0 Å². The van der Waals surface area contributed by atoms with Crippen LogP contribution in [-0.2, 0) is 19.1 Å². The van der Waals surface area contributed by atoms with Crippen LogP contribution in [0.4, 0.5) is 0 Å². The maximum atomic E-state index is 13.9. The van der Waals surface area contributed by atoms with Gasteiger partial charge in [0.1, 0.15) is 17.2 Å². The van der Waals surface area contributed by atoms with Gasteiger partial charge in [-0.2, -0.15) is 0 Å². The van der Waals surface area contributed by atoms with Gasteiger partial charge in [0.15, 0.2) is 5.79 Å². The molecule has 6 aliphatic rings. The fourth-order valence-electron chi connectivity index (χ4n) is 10.2. The SMILES string of the molecule is C[C@H]1C[C@]2(O[C@H]3C[C@H]4[C@@H]5CC[C@H]6CC(=O)CC[C@]6(C)[C@H]5C(=O)C[C@]4(C)[C@H]3[C@@]2(C)O)OC1(C)C. The number of aliphatic hydroxyl groups is 1. The molecule has 4 saturated carbocycles. The molecule has 6 rings (SSSR count). The molecule has 5 nitrogen and oxygen atoms in total. The predicted molar refractivity (Wildman–Crippen MR) is 123 cm³/mol. The summed E-state index contributed by atoms with van der Waals surface area (Å²) in [6.45, 7) is 12.8. The normalized spacial score (nSPS) is 59.3. The fraction of sp³-hybridized carbons (Fsp3) is 0.929. The number of fused-ring (bicyclic) bond motifs is 7. The van der Waals surface area contributed by atoms with E-state index in [2.05, 4.69) is 34.6 Å². The van der Waals surface area contributed by atoms with E-state index in [1.807, 2.05) is 6.92 Å². The van der Waals surface area contributed by atoms with Gasteiger partial charge in [0.2, 0.25) is 0 Å². The van der Waals surface area contributed by atoms with Gasteiger partial charge in [-0.15, -0.1) is 0 Å². The Bertz CT molecular complexity index is 908. The zero-order chi connectivity index (χ0) is 23.8. The topological polar surface area (TPSA) is 72.8 Å². The van der Waals surface area contributed by atoms with Crippen molar-refractivity contribution < 1.29 is 24.2 Å². The highest BCUT2D eigenvalue weighted by Gasteiger charge is 2.77. The lowest BCUT2D eigenvalue weighted by Gasteiger charge is -2.59. The third-order valence-electron chi connectivity index (χ3n) is 12.1. The quantitative estimate of drug-likeness (QED) is 0.570. The van der Waals surface area contributed by atoms with Gasteiger partial charge in [0.25, 0.3) is 0 Å². The van der Waals surface area contributed by atoms with Crippen LogP contribution in [0, 0.1) is 46.3 Å². The zero-order valence-corrected chi connectivity index (χ0v) is 21.3. The van der Waals surface area contributed by atoms with Crippen LogP contribution in [0.5, 0.6) is 0 Å². The number of Topliss-reactive ketones (excluding diaryl/α,β-unsaturated/α-hetero) is 2. The number of carbonyl (C=O) groups is 2. The first kappa shape index (κ1) is 22.7. The van der Waals surface area contributed by atoms with Crippen LogP contribution in [0.15, 0.2) is 0 Å². The monoisotopic (exact) mass is 458 g/mol. The Labute approximate surface area is 198 Å². The van der Waals surface area contributed by atoms with Crippen molar-refractivity contribution in [1.82, 2.24) is 0 Å². The average Bonchev–Trinajstić information content (AvgIpc) is 3.20. The summed E-state index contributed by atoms with van der Waals surface area (Å²) in [5.41, 5.74) is -1.80. The van der Waals surface area contributed by atoms with Crippen molar-refractivity contribution in [3.05, 3.63) is 0 Å². The second-order valence-electron chi connectivity index (χ2n) is 14.0. The standard InChI is InChI=1S/C28H42O5/c1-15-13-28(33-24(15,2)3)27(6,31)23-21(32-28)12-19-18-8-7-16-11-17(29)9-10-25(16,4)22(18)20(30)14-26(19,23)5/h15-16,18-19,21-23,31H,7-14H2,1-6H3/t15-,16-,18-,19-,21-,22+,23-,25-,26-,27+,28-/m0/s1. The maximum Gasteiger partial charge on any atom is 0.198 e. The second-order valence-corrected chi connectivity index (χ2v) is 14.0. The number of ether oxygens (including phenoxy) is 2. The Kier molecular flexibility index (Phi) is 4.47. The van der Waals surface area contributed by atoms with Gasteiger partial charge in [0, 0.05) is 37.5 Å². The molecule has 1 N–H and O–H groups in total. The number of ketones is 2. The molecule has 6 fully saturated rings. The van der Waals surface area contributed by atoms with Gasteiger partial charge in [-0.1, -0.05) is 20.8 Å². The number of hydrogen-bond donors (Lipinski definition) is 1. The largest absolute Gasteiger partial charge is 0.384 e. The van der Waals surface area contributed by atoms with E-state index in [9.17, 15) is 14.7 Å². The van der Waals surface area contributed by atoms with Crippen molar-refractivity contribution in [3.63, 3.8) is 0 Å². The summed E-state index contributed by atoms with van der Waals surface area (Å²) in [5, 5.41) is 12.1. The predicted octanol–water partition coefficient (Wildman–Crippen LogP) is 4.68. The van der Waals surface area contributed by atoms with Crippen molar-refractivity contribution in [1.29, 1.82) is 0 Å². The Morgan fingerprint density at radius 3 is 2.42 bits per heavy atom. The Morgan fingerprint density at radius 1 is 1.03 bits per heavy atom. The Morgan fingerprint density at radius 2 is 1.76 bits per heavy atom. The van der Waals surface area contributed by atoms with Gasteiger partial charge in [0.05, 0.1) is 11.7 Å². The molecule has 1 spiro atoms. The van der Waals surface area contributed by atoms with Gasteiger partial charge in [-0.25, -0.2) is 0 Å². The third kappa shape index (κ3) is 2.65. The second kappa shape index (κ2) is 6.50. The van der Waals surface area contributed by atoms with Crippen molar-refractivity contribution in [3.8, 4) is 0 Å². The molecule has 0 unspecified atom stereocenters. The smallest absolute Gasteiger partial charge is 0.198 e. The molecule has 184 valence electrons. The van der Waals surface area contributed by atoms with E-state index in [1.165, 1.54) is 0 Å². The highest BCUT2D eigenvalue weighted by atomic mass is 16.7. The Balaban J connectivity index is 1.35. The van der Waals surface area contributed by atoms with E-state index in [-0.39, 0.29) is 40.3 Å². The van der Waals surface area contributed by atoms with Gasteiger partial charge < -0.3 is 14.6 Å². The van der Waals surface area contributed by atoms with Crippen LogP contribution < -0.4 is 0 Å². The van der Waals surface area contributed by atoms with Crippen LogP contribution in [-0.4, -0.2) is 39.8 Å². The molecule has 0 amide bonds. The lowest BCUT2D eigenvalue weighted by Crippen LogP contribution is -2.61. The summed E-state index contributed by atoms with van der Waals surface area (Å²) in [5.74, 6) is 1.09. The first-order valence-electron chi connectivity index (χ1n) is 13.4. The molecule has 11 atom stereocenters. The van der Waals surface area contributed by atoms with Gasteiger partial charge >= 0.3 is 0 Å². The number of rotatable bonds is 0. The molecule has 0 aromatic rings. The van der Waals surface area contributed by atoms with Crippen LogP contribution in [0.2, 0.25) is 0 Å². The zero-order valence-electron chi connectivity index (χ0n) is 21.3. The van der Waals surface area contributed by atoms with Crippen LogP contribution >= 0.6 is 0 Å². The summed E-state index contributed by atoms with van der Waals surface area (Å²) in [7, 11) is 0. The summed E-state index contributed by atoms with van der Waals surface area (Å²) in [4.78, 5) is 26.1. The first-order valence-corrected chi connectivity index (χ1v) is 13.4. The van der Waals surface area contributed by atoms with Crippen molar-refractivity contribution >= 4 is 11.6 Å². The molecule has 0 bridgehead atoms. The number of hydrogen-bond acceptors (Lipinski definition) is 5. The molecule has 33 heavy (non-hydrogen) atoms. The molecular formula is C28H42O5. The highest BCUT2D eigenvalue weighted by molar-refractivity contribution is 5.86. The minimum atomic E-state index is -1.13. The molecule has 2 aliphatic heterocycles. The van der Waals surface area contributed by atoms with Crippen LogP contribution in [0.3, 0.4) is 0 Å². The summed E-state index contributed by atoms with van der Waals surface area (Å²) in [6, 6.07) is 0. The highest BCUT2D eigenvalue weighted by Crippen LogP contribution is 2.72. The van der Waals surface area contributed by atoms with Gasteiger partial charge in [-0.05, 0) is 81.0 Å². The molecule has 0 aromatic heterocycles. The molecule has 0 aromatic carbocycles. The van der Waals surface area contributed by atoms with E-state index < -0.39 is 11.4 Å². The first-order chi connectivity index (χ1) is 15.3. The van der Waals surface area contributed by atoms with E-state index in [4.69, 9.17) is 9.47 Å². The van der Waals surface area contributed by atoms with Crippen molar-refractivity contribution in [2.24, 2.45) is 46.3 Å². The fourth-order valence-corrected chi connectivity index (χ4v) is 10.2. The molecule has 2 heterocycles. The Hall–Kier alpha value is -0.780. The van der Waals surface area contributed by atoms with Crippen molar-refractivity contribution in [2.45, 2.75) is 116 Å². The summed E-state index contributed by atoms with van der Waals surface area (Å²) >= 11 is 0. The minimum absolute atomic E-state index is 0.0500. The minimum Gasteiger partial charge on any atom is -0.384 e. The molecular weight excluding hydrogens is 416 g/mol. The van der Waals surface area contributed by atoms with Gasteiger partial charge in [-0.3, -0.25) is 9.59 Å². The van der Waals surface area contributed by atoms with E-state index in [1.54, 1.807) is 0 Å². The summed E-state index contributed by atoms with van der Waals surface area (Å²) in [6.07, 6.45) is 6.27. The van der Waals surface area contributed by atoms with E-state index in [0.717, 1.165) is 25.7 Å². The number of carbonyl (C=O) groups excluding carboxylic acids is 2. The van der Waals surface area contributed by atoms with Crippen molar-refractivity contribution in [2.75, 3.05) is 0 Å². The van der Waals surface area contributed by atoms with E-state index >= 15 is 0 Å². The average molecular weight is 459 g/mol. The molecule has 4 aliphatic carbocycles. The van der Waals surface area contributed by atoms with Crippen LogP contribution in [0.1, 0.15) is 92.9 Å². The lowest BCUT2D eigenvalue weighted by atomic mass is 9.44. The molecule has 0 radical (unpaired) electrons. The lowest BCUT2D eigenvalue weighted by molar-refractivity contribution is -0.298. The maximum absolute atomic E-state index is 13.9. The third-order valence-corrected chi connectivity index (χ3v) is 12.1. The summed E-state index contributed by atoms with van der Waals surface area (Å²) < 4.78 is 13.3.